The summed E-state index contributed by atoms with van der Waals surface area (Å²) in [5, 5.41) is 10.6. The number of anilines is 1. The summed E-state index contributed by atoms with van der Waals surface area (Å²) in [4.78, 5) is 7.27. The molecule has 3 heterocycles. The van der Waals surface area contributed by atoms with Crippen molar-refractivity contribution in [2.24, 2.45) is 0 Å². The van der Waals surface area contributed by atoms with Gasteiger partial charge in [0.2, 0.25) is 0 Å². The fraction of sp³-hybridized carbons (Fsp3) is 0.684. The van der Waals surface area contributed by atoms with Gasteiger partial charge < -0.3 is 14.7 Å². The number of hydrogen-bond acceptors (Lipinski definition) is 5. The minimum absolute atomic E-state index is 0.178. The van der Waals surface area contributed by atoms with E-state index < -0.39 is 5.60 Å². The van der Waals surface area contributed by atoms with Crippen molar-refractivity contribution in [1.82, 2.24) is 9.80 Å². The van der Waals surface area contributed by atoms with E-state index in [1.807, 2.05) is 12.1 Å². The molecule has 3 fully saturated rings. The molecule has 0 aliphatic carbocycles. The highest BCUT2D eigenvalue weighted by Gasteiger charge is 2.39. The monoisotopic (exact) mass is 349 g/mol. The van der Waals surface area contributed by atoms with E-state index in [4.69, 9.17) is 4.74 Å². The van der Waals surface area contributed by atoms with E-state index in [1.165, 1.54) is 12.1 Å². The molecule has 0 spiro atoms. The van der Waals surface area contributed by atoms with Crippen LogP contribution in [0, 0.1) is 5.82 Å². The predicted octanol–water partition coefficient (Wildman–Crippen LogP) is 1.17. The van der Waals surface area contributed by atoms with Crippen molar-refractivity contribution in [3.8, 4) is 0 Å². The van der Waals surface area contributed by atoms with Crippen LogP contribution in [-0.4, -0.2) is 85.6 Å². The third-order valence-electron chi connectivity index (χ3n) is 5.90. The van der Waals surface area contributed by atoms with Gasteiger partial charge in [0, 0.05) is 83.6 Å². The Bertz CT molecular complexity index is 563. The number of rotatable bonds is 4. The summed E-state index contributed by atoms with van der Waals surface area (Å²) in [5.41, 5.74) is 0.558. The molecular formula is C19H28FN3O2. The van der Waals surface area contributed by atoms with Gasteiger partial charge in [0.25, 0.3) is 0 Å². The zero-order valence-electron chi connectivity index (χ0n) is 14.7. The summed E-state index contributed by atoms with van der Waals surface area (Å²) in [6, 6.07) is 7.41. The van der Waals surface area contributed by atoms with E-state index in [0.717, 1.165) is 64.3 Å². The number of aliphatic hydroxyl groups is 1. The van der Waals surface area contributed by atoms with Crippen LogP contribution in [0.15, 0.2) is 24.3 Å². The molecule has 3 aliphatic rings. The number of benzene rings is 1. The van der Waals surface area contributed by atoms with E-state index in [2.05, 4.69) is 14.7 Å². The zero-order chi connectivity index (χ0) is 17.3. The normalized spacial score (nSPS) is 25.8. The van der Waals surface area contributed by atoms with Gasteiger partial charge in [-0.25, -0.2) is 4.39 Å². The second-order valence-corrected chi connectivity index (χ2v) is 7.68. The summed E-state index contributed by atoms with van der Waals surface area (Å²) in [6.45, 7) is 8.33. The van der Waals surface area contributed by atoms with Crippen molar-refractivity contribution < 1.29 is 14.2 Å². The second kappa shape index (κ2) is 7.19. The van der Waals surface area contributed by atoms with E-state index in [1.54, 1.807) is 0 Å². The molecule has 25 heavy (non-hydrogen) atoms. The van der Waals surface area contributed by atoms with Crippen LogP contribution < -0.4 is 4.90 Å². The molecule has 0 unspecified atom stereocenters. The van der Waals surface area contributed by atoms with Gasteiger partial charge in [0.05, 0.1) is 5.60 Å². The first-order valence-electron chi connectivity index (χ1n) is 9.38. The molecule has 0 saturated carbocycles. The summed E-state index contributed by atoms with van der Waals surface area (Å²) >= 11 is 0. The second-order valence-electron chi connectivity index (χ2n) is 7.68. The third kappa shape index (κ3) is 3.97. The molecule has 0 amide bonds. The minimum Gasteiger partial charge on any atom is -0.388 e. The Morgan fingerprint density at radius 3 is 2.32 bits per heavy atom. The maximum absolute atomic E-state index is 13.1. The Morgan fingerprint density at radius 1 is 1.04 bits per heavy atom. The van der Waals surface area contributed by atoms with Crippen LogP contribution in [0.3, 0.4) is 0 Å². The van der Waals surface area contributed by atoms with Gasteiger partial charge in [-0.2, -0.15) is 0 Å². The number of ether oxygens (including phenoxy) is 1. The molecule has 1 aromatic rings. The van der Waals surface area contributed by atoms with Gasteiger partial charge in [-0.3, -0.25) is 9.80 Å². The molecular weight excluding hydrogens is 321 g/mol. The highest BCUT2D eigenvalue weighted by atomic mass is 19.1. The first-order valence-corrected chi connectivity index (χ1v) is 9.38. The molecule has 6 heteroatoms. The van der Waals surface area contributed by atoms with Gasteiger partial charge >= 0.3 is 0 Å². The van der Waals surface area contributed by atoms with E-state index in [-0.39, 0.29) is 5.82 Å². The quantitative estimate of drug-likeness (QED) is 0.884. The first kappa shape index (κ1) is 17.2. The Hall–Kier alpha value is -1.21. The lowest BCUT2D eigenvalue weighted by Crippen LogP contribution is -2.65. The minimum atomic E-state index is -0.551. The Kier molecular flexibility index (Phi) is 4.95. The summed E-state index contributed by atoms with van der Waals surface area (Å²) in [5.74, 6) is -0.178. The summed E-state index contributed by atoms with van der Waals surface area (Å²) in [6.07, 6.45) is 1.51. The number of nitrogens with zero attached hydrogens (tertiary/aromatic N) is 3. The average molecular weight is 349 g/mol. The lowest BCUT2D eigenvalue weighted by molar-refractivity contribution is -0.0988. The molecule has 3 aliphatic heterocycles. The number of piperazine rings is 1. The first-order chi connectivity index (χ1) is 12.1. The van der Waals surface area contributed by atoms with Crippen molar-refractivity contribution >= 4 is 5.69 Å². The predicted molar refractivity (Wildman–Crippen MR) is 95.4 cm³/mol. The SMILES string of the molecule is OC1(CN2CC(N3CCN(c4ccc(F)cc4)CC3)C2)CCOCC1. The molecule has 138 valence electrons. The maximum atomic E-state index is 13.1. The molecule has 1 N–H and O–H groups in total. The number of hydrogen-bond donors (Lipinski definition) is 1. The average Bonchev–Trinajstić information content (AvgIpc) is 2.59. The fourth-order valence-corrected chi connectivity index (χ4v) is 4.23. The number of halogens is 1. The van der Waals surface area contributed by atoms with Crippen LogP contribution in [0.1, 0.15) is 12.8 Å². The lowest BCUT2D eigenvalue weighted by atomic mass is 9.91. The van der Waals surface area contributed by atoms with Crippen LogP contribution in [0.5, 0.6) is 0 Å². The highest BCUT2D eigenvalue weighted by Crippen LogP contribution is 2.26. The molecule has 0 aromatic heterocycles. The molecule has 3 saturated heterocycles. The molecule has 5 nitrogen and oxygen atoms in total. The highest BCUT2D eigenvalue weighted by molar-refractivity contribution is 5.46. The Balaban J connectivity index is 1.21. The molecule has 0 atom stereocenters. The van der Waals surface area contributed by atoms with Gasteiger partial charge in [0.1, 0.15) is 5.82 Å². The van der Waals surface area contributed by atoms with Crippen LogP contribution in [-0.2, 0) is 4.74 Å². The standard InChI is InChI=1S/C19H28FN3O2/c20-16-1-3-17(4-2-16)22-7-9-23(10-8-22)18-13-21(14-18)15-19(24)5-11-25-12-6-19/h1-4,18,24H,5-15H2. The molecule has 4 rings (SSSR count). The Morgan fingerprint density at radius 2 is 1.68 bits per heavy atom. The fourth-order valence-electron chi connectivity index (χ4n) is 4.23. The van der Waals surface area contributed by atoms with Gasteiger partial charge in [-0.05, 0) is 24.3 Å². The Labute approximate surface area is 149 Å². The van der Waals surface area contributed by atoms with Crippen molar-refractivity contribution in [2.75, 3.05) is 63.9 Å². The van der Waals surface area contributed by atoms with Gasteiger partial charge in [0.15, 0.2) is 0 Å². The number of β-amino-alcohol motifs (C(OH)–C–C–N with tert-alkyl or cyclic N) is 1. The zero-order valence-corrected chi connectivity index (χ0v) is 14.7. The molecule has 0 radical (unpaired) electrons. The van der Waals surface area contributed by atoms with Crippen molar-refractivity contribution in [2.45, 2.75) is 24.5 Å². The van der Waals surface area contributed by atoms with Crippen molar-refractivity contribution in [1.29, 1.82) is 0 Å². The van der Waals surface area contributed by atoms with Gasteiger partial charge in [-0.15, -0.1) is 0 Å². The van der Waals surface area contributed by atoms with E-state index in [0.29, 0.717) is 19.3 Å². The third-order valence-corrected chi connectivity index (χ3v) is 5.90. The topological polar surface area (TPSA) is 39.2 Å². The summed E-state index contributed by atoms with van der Waals surface area (Å²) in [7, 11) is 0. The van der Waals surface area contributed by atoms with Crippen LogP contribution in [0.2, 0.25) is 0 Å². The van der Waals surface area contributed by atoms with Gasteiger partial charge in [-0.1, -0.05) is 0 Å². The summed E-state index contributed by atoms with van der Waals surface area (Å²) < 4.78 is 18.4. The van der Waals surface area contributed by atoms with Crippen molar-refractivity contribution in [3.63, 3.8) is 0 Å². The maximum Gasteiger partial charge on any atom is 0.123 e. The lowest BCUT2D eigenvalue weighted by Gasteiger charge is -2.50. The molecule has 0 bridgehead atoms. The van der Waals surface area contributed by atoms with Crippen molar-refractivity contribution in [3.05, 3.63) is 30.1 Å². The van der Waals surface area contributed by atoms with Crippen LogP contribution in [0.4, 0.5) is 10.1 Å². The van der Waals surface area contributed by atoms with Crippen LogP contribution >= 0.6 is 0 Å². The smallest absolute Gasteiger partial charge is 0.123 e. The molecule has 1 aromatic carbocycles. The van der Waals surface area contributed by atoms with E-state index >= 15 is 0 Å². The number of likely N-dealkylation sites (tertiary alicyclic amines) is 1. The van der Waals surface area contributed by atoms with Crippen LogP contribution in [0.25, 0.3) is 0 Å². The largest absolute Gasteiger partial charge is 0.388 e. The van der Waals surface area contributed by atoms with E-state index in [9.17, 15) is 9.50 Å².